The predicted molar refractivity (Wildman–Crippen MR) is 117 cm³/mol. The Labute approximate surface area is 196 Å². The molecule has 9 nitrogen and oxygen atoms in total. The number of alkyl halides is 3. The molecule has 1 atom stereocenters. The van der Waals surface area contributed by atoms with Crippen LogP contribution in [-0.2, 0) is 17.5 Å². The number of carbonyl (C=O) groups is 3. The highest BCUT2D eigenvalue weighted by Crippen LogP contribution is 2.31. The molecule has 2 aromatic carbocycles. The summed E-state index contributed by atoms with van der Waals surface area (Å²) in [6.45, 7) is 0.406. The van der Waals surface area contributed by atoms with E-state index in [-0.39, 0.29) is 23.4 Å². The van der Waals surface area contributed by atoms with E-state index in [2.05, 4.69) is 15.3 Å². The highest BCUT2D eigenvalue weighted by atomic mass is 19.4. The standard InChI is InChI=1S/C23H19F3N4O5/c24-23(25,26)14-7-8-15-16(10-14)29-19(18(28-15)22(34)35)27-11-12-3-5-13(6-4-12)20(31)30-9-1-2-17(30)21(32)33/h3-8,10,17H,1-2,9,11H2,(H,27,29)(H,32,33)(H,34,35). The Morgan fingerprint density at radius 1 is 1.03 bits per heavy atom. The summed E-state index contributed by atoms with van der Waals surface area (Å²) in [4.78, 5) is 44.9. The van der Waals surface area contributed by atoms with Gasteiger partial charge < -0.3 is 20.4 Å². The SMILES string of the molecule is O=C(O)c1nc2ccc(C(F)(F)F)cc2nc1NCc1ccc(C(=O)N2CCCC2C(=O)O)cc1. The van der Waals surface area contributed by atoms with Crippen LogP contribution in [0.1, 0.15) is 44.8 Å². The van der Waals surface area contributed by atoms with Crippen LogP contribution >= 0.6 is 0 Å². The minimum atomic E-state index is -4.59. The van der Waals surface area contributed by atoms with E-state index in [0.29, 0.717) is 30.5 Å². The quantitative estimate of drug-likeness (QED) is 0.479. The summed E-state index contributed by atoms with van der Waals surface area (Å²) in [5.41, 5.74) is -0.565. The van der Waals surface area contributed by atoms with Crippen molar-refractivity contribution in [2.75, 3.05) is 11.9 Å². The molecule has 0 spiro atoms. The Hall–Kier alpha value is -4.22. The van der Waals surface area contributed by atoms with E-state index in [1.807, 2.05) is 0 Å². The second-order valence-electron chi connectivity index (χ2n) is 7.97. The number of aromatic carboxylic acids is 1. The summed E-state index contributed by atoms with van der Waals surface area (Å²) in [7, 11) is 0. The third-order valence-corrected chi connectivity index (χ3v) is 5.65. The third kappa shape index (κ3) is 5.00. The predicted octanol–water partition coefficient (Wildman–Crippen LogP) is 3.65. The van der Waals surface area contributed by atoms with Gasteiger partial charge in [0.05, 0.1) is 16.6 Å². The van der Waals surface area contributed by atoms with Crippen molar-refractivity contribution in [2.45, 2.75) is 31.6 Å². The lowest BCUT2D eigenvalue weighted by Crippen LogP contribution is -2.40. The Morgan fingerprint density at radius 3 is 2.37 bits per heavy atom. The number of amides is 1. The fraction of sp³-hybridized carbons (Fsp3) is 0.261. The van der Waals surface area contributed by atoms with Gasteiger partial charge in [0, 0.05) is 18.7 Å². The number of nitrogens with zero attached hydrogens (tertiary/aromatic N) is 3. The van der Waals surface area contributed by atoms with Crippen molar-refractivity contribution in [1.29, 1.82) is 0 Å². The van der Waals surface area contributed by atoms with Crippen molar-refractivity contribution in [2.24, 2.45) is 0 Å². The van der Waals surface area contributed by atoms with Gasteiger partial charge in [-0.05, 0) is 48.7 Å². The molecule has 3 N–H and O–H groups in total. The van der Waals surface area contributed by atoms with Crippen molar-refractivity contribution in [3.8, 4) is 0 Å². The first-order valence-corrected chi connectivity index (χ1v) is 10.5. The van der Waals surface area contributed by atoms with Crippen LogP contribution in [0.3, 0.4) is 0 Å². The molecule has 2 heterocycles. The number of nitrogens with one attached hydrogen (secondary N) is 1. The van der Waals surface area contributed by atoms with Crippen LogP contribution < -0.4 is 5.32 Å². The molecule has 0 radical (unpaired) electrons. The van der Waals surface area contributed by atoms with E-state index in [9.17, 15) is 37.8 Å². The number of halogens is 3. The van der Waals surface area contributed by atoms with Gasteiger partial charge in [-0.3, -0.25) is 4.79 Å². The topological polar surface area (TPSA) is 133 Å². The first kappa shape index (κ1) is 23.9. The number of carboxylic acids is 2. The van der Waals surface area contributed by atoms with Crippen molar-refractivity contribution in [3.63, 3.8) is 0 Å². The van der Waals surface area contributed by atoms with E-state index in [4.69, 9.17) is 0 Å². The van der Waals surface area contributed by atoms with Gasteiger partial charge in [-0.1, -0.05) is 12.1 Å². The van der Waals surface area contributed by atoms with Crippen molar-refractivity contribution in [1.82, 2.24) is 14.9 Å². The maximum Gasteiger partial charge on any atom is 0.416 e. The van der Waals surface area contributed by atoms with Crippen molar-refractivity contribution < 1.29 is 37.8 Å². The molecular weight excluding hydrogens is 469 g/mol. The summed E-state index contributed by atoms with van der Waals surface area (Å²) >= 11 is 0. The summed E-state index contributed by atoms with van der Waals surface area (Å²) in [5, 5.41) is 21.5. The van der Waals surface area contributed by atoms with Crippen LogP contribution in [0.2, 0.25) is 0 Å². The van der Waals surface area contributed by atoms with E-state index in [0.717, 1.165) is 18.2 Å². The maximum absolute atomic E-state index is 13.0. The summed E-state index contributed by atoms with van der Waals surface area (Å²) in [6, 6.07) is 8.05. The van der Waals surface area contributed by atoms with Crippen LogP contribution in [0.5, 0.6) is 0 Å². The van der Waals surface area contributed by atoms with Crippen molar-refractivity contribution in [3.05, 3.63) is 64.8 Å². The monoisotopic (exact) mass is 488 g/mol. The molecule has 4 rings (SSSR count). The number of anilines is 1. The van der Waals surface area contributed by atoms with Gasteiger partial charge in [0.1, 0.15) is 6.04 Å². The second kappa shape index (κ2) is 9.20. The summed E-state index contributed by atoms with van der Waals surface area (Å²) < 4.78 is 39.1. The maximum atomic E-state index is 13.0. The number of likely N-dealkylation sites (tertiary alicyclic amines) is 1. The molecule has 0 aliphatic carbocycles. The molecule has 182 valence electrons. The molecule has 12 heteroatoms. The molecule has 1 saturated heterocycles. The normalized spacial score (nSPS) is 15.9. The molecule has 1 aliphatic rings. The highest BCUT2D eigenvalue weighted by molar-refractivity contribution is 5.97. The number of carboxylic acid groups (broad SMARTS) is 2. The van der Waals surface area contributed by atoms with E-state index in [1.165, 1.54) is 17.0 Å². The molecule has 1 fully saturated rings. The van der Waals surface area contributed by atoms with Gasteiger partial charge in [0.25, 0.3) is 5.91 Å². The zero-order valence-electron chi connectivity index (χ0n) is 18.0. The number of hydrogen-bond acceptors (Lipinski definition) is 6. The Balaban J connectivity index is 1.53. The molecule has 1 aromatic heterocycles. The average Bonchev–Trinajstić information content (AvgIpc) is 3.31. The number of aromatic nitrogens is 2. The first-order chi connectivity index (χ1) is 16.5. The van der Waals surface area contributed by atoms with Crippen LogP contribution in [0.15, 0.2) is 42.5 Å². The number of rotatable bonds is 6. The lowest BCUT2D eigenvalue weighted by Gasteiger charge is -2.21. The number of aliphatic carboxylic acids is 1. The fourth-order valence-electron chi connectivity index (χ4n) is 3.89. The van der Waals surface area contributed by atoms with Gasteiger partial charge in [0.15, 0.2) is 11.5 Å². The second-order valence-corrected chi connectivity index (χ2v) is 7.97. The van der Waals surface area contributed by atoms with Crippen LogP contribution in [0, 0.1) is 0 Å². The zero-order chi connectivity index (χ0) is 25.3. The van der Waals surface area contributed by atoms with Crippen molar-refractivity contribution >= 4 is 34.7 Å². The molecule has 1 aliphatic heterocycles. The number of carbonyl (C=O) groups excluding carboxylic acids is 1. The summed E-state index contributed by atoms with van der Waals surface area (Å²) in [6.07, 6.45) is -3.59. The number of fused-ring (bicyclic) bond motifs is 1. The minimum Gasteiger partial charge on any atom is -0.480 e. The van der Waals surface area contributed by atoms with Gasteiger partial charge in [0.2, 0.25) is 0 Å². The number of hydrogen-bond donors (Lipinski definition) is 3. The minimum absolute atomic E-state index is 0.00499. The molecule has 0 bridgehead atoms. The van der Waals surface area contributed by atoms with Gasteiger partial charge in [-0.25, -0.2) is 19.6 Å². The highest BCUT2D eigenvalue weighted by Gasteiger charge is 2.34. The lowest BCUT2D eigenvalue weighted by atomic mass is 10.1. The van der Waals surface area contributed by atoms with Gasteiger partial charge in [-0.2, -0.15) is 13.2 Å². The third-order valence-electron chi connectivity index (χ3n) is 5.65. The largest absolute Gasteiger partial charge is 0.480 e. The molecule has 0 saturated carbocycles. The summed E-state index contributed by atoms with van der Waals surface area (Å²) in [5.74, 6) is -3.06. The molecule has 35 heavy (non-hydrogen) atoms. The average molecular weight is 488 g/mol. The van der Waals surface area contributed by atoms with E-state index in [1.54, 1.807) is 12.1 Å². The van der Waals surface area contributed by atoms with Gasteiger partial charge in [-0.15, -0.1) is 0 Å². The lowest BCUT2D eigenvalue weighted by molar-refractivity contribution is -0.141. The smallest absolute Gasteiger partial charge is 0.416 e. The van der Waals surface area contributed by atoms with Crippen LogP contribution in [0.25, 0.3) is 11.0 Å². The van der Waals surface area contributed by atoms with Gasteiger partial charge >= 0.3 is 18.1 Å². The Kier molecular flexibility index (Phi) is 6.29. The fourth-order valence-corrected chi connectivity index (χ4v) is 3.89. The number of benzene rings is 2. The Morgan fingerprint density at radius 2 is 1.74 bits per heavy atom. The molecular formula is C23H19F3N4O5. The van der Waals surface area contributed by atoms with E-state index < -0.39 is 41.3 Å². The molecule has 1 amide bonds. The molecule has 1 unspecified atom stereocenters. The zero-order valence-corrected chi connectivity index (χ0v) is 18.0. The first-order valence-electron chi connectivity index (χ1n) is 10.5. The van der Waals surface area contributed by atoms with E-state index >= 15 is 0 Å². The van der Waals surface area contributed by atoms with Crippen LogP contribution in [0.4, 0.5) is 19.0 Å². The van der Waals surface area contributed by atoms with Crippen LogP contribution in [-0.4, -0.2) is 55.5 Å². The molecule has 3 aromatic rings. The Bertz CT molecular complexity index is 1310.